The highest BCUT2D eigenvalue weighted by atomic mass is 16.5. The maximum atomic E-state index is 6.14. The van der Waals surface area contributed by atoms with Gasteiger partial charge in [0.15, 0.2) is 11.5 Å². The van der Waals surface area contributed by atoms with E-state index in [1.54, 1.807) is 13.4 Å². The van der Waals surface area contributed by atoms with E-state index in [4.69, 9.17) is 25.6 Å². The summed E-state index contributed by atoms with van der Waals surface area (Å²) in [5.74, 6) is 4.98. The van der Waals surface area contributed by atoms with Gasteiger partial charge in [0.25, 0.3) is 0 Å². The smallest absolute Gasteiger partial charge is 0.162 e. The van der Waals surface area contributed by atoms with Crippen molar-refractivity contribution in [3.63, 3.8) is 0 Å². The van der Waals surface area contributed by atoms with Gasteiger partial charge >= 0.3 is 0 Å². The van der Waals surface area contributed by atoms with Gasteiger partial charge in [-0.25, -0.2) is 9.98 Å². The summed E-state index contributed by atoms with van der Waals surface area (Å²) in [6, 6.07) is 9.79. The number of fused-ring (bicyclic) bond motifs is 4. The van der Waals surface area contributed by atoms with Crippen molar-refractivity contribution < 1.29 is 14.2 Å². The lowest BCUT2D eigenvalue weighted by Gasteiger charge is -2.31. The standard InChI is InChI=1S/C25H26N4O3/c1-3-18-6-4-7-21-20(18)16-29-17-26-22-15-23(30-2)24(14-19(22)25(29)27-21)32-11-5-8-28-9-12-31-13-10-28/h1,4,6-7,14-15,17H,5,8-13,16H2,2H3. The van der Waals surface area contributed by atoms with Gasteiger partial charge in [0.2, 0.25) is 0 Å². The van der Waals surface area contributed by atoms with Crippen LogP contribution in [-0.4, -0.2) is 68.5 Å². The summed E-state index contributed by atoms with van der Waals surface area (Å²) in [5.41, 5.74) is 4.55. The molecule has 0 aliphatic carbocycles. The first-order chi connectivity index (χ1) is 15.8. The Labute approximate surface area is 188 Å². The van der Waals surface area contributed by atoms with Crippen LogP contribution in [0.1, 0.15) is 23.1 Å². The molecule has 3 heterocycles. The first kappa shape index (κ1) is 20.6. The number of rotatable bonds is 6. The third-order valence-corrected chi connectivity index (χ3v) is 5.97. The van der Waals surface area contributed by atoms with Crippen molar-refractivity contribution in [2.45, 2.75) is 13.0 Å². The van der Waals surface area contributed by atoms with Crippen LogP contribution in [0.15, 0.2) is 40.3 Å². The van der Waals surface area contributed by atoms with E-state index in [0.29, 0.717) is 24.7 Å². The summed E-state index contributed by atoms with van der Waals surface area (Å²) >= 11 is 0. The summed E-state index contributed by atoms with van der Waals surface area (Å²) in [6.45, 7) is 5.84. The molecule has 0 aromatic heterocycles. The number of hydrogen-bond donors (Lipinski definition) is 0. The van der Waals surface area contributed by atoms with Crippen LogP contribution in [0.2, 0.25) is 0 Å². The lowest BCUT2D eigenvalue weighted by atomic mass is 10.0. The molecule has 5 rings (SSSR count). The second kappa shape index (κ2) is 9.03. The van der Waals surface area contributed by atoms with Crippen molar-refractivity contribution in [3.05, 3.63) is 47.0 Å². The van der Waals surface area contributed by atoms with Crippen LogP contribution in [-0.2, 0) is 11.3 Å². The Morgan fingerprint density at radius 1 is 1.16 bits per heavy atom. The fourth-order valence-corrected chi connectivity index (χ4v) is 4.25. The predicted molar refractivity (Wildman–Crippen MR) is 125 cm³/mol. The minimum Gasteiger partial charge on any atom is -0.493 e. The van der Waals surface area contributed by atoms with E-state index in [9.17, 15) is 0 Å². The van der Waals surface area contributed by atoms with Gasteiger partial charge in [-0.05, 0) is 24.6 Å². The Hall–Kier alpha value is -3.34. The minimum atomic E-state index is 0.611. The fraction of sp³-hybridized carbons (Fsp3) is 0.360. The van der Waals surface area contributed by atoms with Gasteiger partial charge < -0.3 is 19.1 Å². The molecule has 0 radical (unpaired) electrons. The largest absolute Gasteiger partial charge is 0.493 e. The lowest BCUT2D eigenvalue weighted by molar-refractivity contribution is 0.0357. The van der Waals surface area contributed by atoms with Gasteiger partial charge in [-0.2, -0.15) is 0 Å². The molecule has 164 valence electrons. The van der Waals surface area contributed by atoms with Crippen molar-refractivity contribution in [1.29, 1.82) is 0 Å². The van der Waals surface area contributed by atoms with Gasteiger partial charge in [0.05, 0.1) is 51.2 Å². The number of benzene rings is 2. The Balaban J connectivity index is 1.38. The molecule has 0 unspecified atom stereocenters. The van der Waals surface area contributed by atoms with Crippen LogP contribution in [0.5, 0.6) is 11.5 Å². The molecular formula is C25H26N4O3. The molecule has 1 fully saturated rings. The summed E-state index contributed by atoms with van der Waals surface area (Å²) in [6.07, 6.45) is 8.43. The number of terminal acetylenes is 1. The van der Waals surface area contributed by atoms with E-state index >= 15 is 0 Å². The molecule has 0 bridgehead atoms. The third kappa shape index (κ3) is 3.95. The molecule has 0 amide bonds. The first-order valence-corrected chi connectivity index (χ1v) is 10.9. The SMILES string of the molecule is C#Cc1cccc2c1CN1C=Nc3cc(OC)c(OCCCN4CCOCC4)cc3C1=N2. The molecule has 0 saturated carbocycles. The van der Waals surface area contributed by atoms with Crippen LogP contribution >= 0.6 is 0 Å². The van der Waals surface area contributed by atoms with E-state index < -0.39 is 0 Å². The van der Waals surface area contributed by atoms with E-state index in [2.05, 4.69) is 15.8 Å². The molecular weight excluding hydrogens is 404 g/mol. The minimum absolute atomic E-state index is 0.611. The molecule has 1 saturated heterocycles. The van der Waals surface area contributed by atoms with E-state index in [-0.39, 0.29) is 0 Å². The Morgan fingerprint density at radius 3 is 2.84 bits per heavy atom. The first-order valence-electron chi connectivity index (χ1n) is 10.9. The summed E-state index contributed by atoms with van der Waals surface area (Å²) < 4.78 is 17.1. The van der Waals surface area contributed by atoms with Crippen LogP contribution in [0, 0.1) is 12.3 Å². The number of hydrogen-bond acceptors (Lipinski definition) is 7. The molecule has 32 heavy (non-hydrogen) atoms. The van der Waals surface area contributed by atoms with E-state index in [1.165, 1.54) is 0 Å². The van der Waals surface area contributed by atoms with E-state index in [1.807, 2.05) is 35.2 Å². The van der Waals surface area contributed by atoms with Crippen molar-refractivity contribution in [3.8, 4) is 23.8 Å². The normalized spacial score (nSPS) is 17.0. The Bertz CT molecular complexity index is 1110. The molecule has 7 heteroatoms. The van der Waals surface area contributed by atoms with Crippen molar-refractivity contribution >= 4 is 23.5 Å². The Kier molecular flexibility index (Phi) is 5.80. The molecule has 0 atom stereocenters. The fourth-order valence-electron chi connectivity index (χ4n) is 4.25. The molecule has 2 aromatic rings. The Morgan fingerprint density at radius 2 is 2.03 bits per heavy atom. The topological polar surface area (TPSA) is 58.9 Å². The highest BCUT2D eigenvalue weighted by molar-refractivity contribution is 6.12. The van der Waals surface area contributed by atoms with Crippen molar-refractivity contribution in [2.24, 2.45) is 9.98 Å². The second-order valence-electron chi connectivity index (χ2n) is 7.93. The van der Waals surface area contributed by atoms with Crippen molar-refractivity contribution in [2.75, 3.05) is 46.6 Å². The lowest BCUT2D eigenvalue weighted by Crippen LogP contribution is -2.37. The third-order valence-electron chi connectivity index (χ3n) is 5.97. The number of aliphatic imine (C=N–C) groups is 2. The molecule has 7 nitrogen and oxygen atoms in total. The number of morpholine rings is 1. The highest BCUT2D eigenvalue weighted by Gasteiger charge is 2.28. The molecule has 2 aromatic carbocycles. The van der Waals surface area contributed by atoms with Gasteiger partial charge in [-0.15, -0.1) is 6.42 Å². The summed E-state index contributed by atoms with van der Waals surface area (Å²) in [5, 5.41) is 0. The number of amidine groups is 1. The van der Waals surface area contributed by atoms with Crippen LogP contribution in [0.4, 0.5) is 11.4 Å². The van der Waals surface area contributed by atoms with Gasteiger partial charge in [0, 0.05) is 42.4 Å². The van der Waals surface area contributed by atoms with Crippen LogP contribution in [0.25, 0.3) is 0 Å². The zero-order chi connectivity index (χ0) is 21.9. The average Bonchev–Trinajstić information content (AvgIpc) is 2.85. The highest BCUT2D eigenvalue weighted by Crippen LogP contribution is 2.40. The average molecular weight is 431 g/mol. The monoisotopic (exact) mass is 430 g/mol. The number of nitrogens with zero attached hydrogens (tertiary/aromatic N) is 4. The van der Waals surface area contributed by atoms with Gasteiger partial charge in [-0.3, -0.25) is 4.90 Å². The zero-order valence-electron chi connectivity index (χ0n) is 18.2. The van der Waals surface area contributed by atoms with E-state index in [0.717, 1.165) is 73.2 Å². The van der Waals surface area contributed by atoms with Gasteiger partial charge in [-0.1, -0.05) is 12.0 Å². The maximum Gasteiger partial charge on any atom is 0.162 e. The molecule has 0 N–H and O–H groups in total. The maximum absolute atomic E-state index is 6.14. The quantitative estimate of drug-likeness (QED) is 0.520. The number of ether oxygens (including phenoxy) is 3. The van der Waals surface area contributed by atoms with Crippen molar-refractivity contribution in [1.82, 2.24) is 9.80 Å². The number of methoxy groups -OCH3 is 1. The second-order valence-corrected chi connectivity index (χ2v) is 7.93. The molecule has 0 spiro atoms. The zero-order valence-corrected chi connectivity index (χ0v) is 18.2. The van der Waals surface area contributed by atoms with Crippen LogP contribution in [0.3, 0.4) is 0 Å². The van der Waals surface area contributed by atoms with Crippen LogP contribution < -0.4 is 9.47 Å². The summed E-state index contributed by atoms with van der Waals surface area (Å²) in [7, 11) is 1.65. The summed E-state index contributed by atoms with van der Waals surface area (Å²) in [4.78, 5) is 14.0. The van der Waals surface area contributed by atoms with Gasteiger partial charge in [0.1, 0.15) is 5.84 Å². The molecule has 3 aliphatic rings. The molecule has 3 aliphatic heterocycles. The predicted octanol–water partition coefficient (Wildman–Crippen LogP) is 3.34.